The van der Waals surface area contributed by atoms with Gasteiger partial charge in [0.1, 0.15) is 5.92 Å². The molecule has 0 bridgehead atoms. The molecule has 0 aromatic carbocycles. The van der Waals surface area contributed by atoms with Crippen LogP contribution >= 0.6 is 27.3 Å². The lowest BCUT2D eigenvalue weighted by molar-refractivity contribution is -0.145. The third-order valence-electron chi connectivity index (χ3n) is 2.68. The highest BCUT2D eigenvalue weighted by molar-refractivity contribution is 9.10. The van der Waals surface area contributed by atoms with Crippen LogP contribution in [0.15, 0.2) is 20.4 Å². The molecule has 1 unspecified atom stereocenters. The van der Waals surface area contributed by atoms with Gasteiger partial charge in [-0.3, -0.25) is 4.79 Å². The largest absolute Gasteiger partial charge is 0.465 e. The molecule has 108 valence electrons. The van der Waals surface area contributed by atoms with Crippen molar-refractivity contribution in [3.05, 3.63) is 21.8 Å². The first-order valence-electron chi connectivity index (χ1n) is 6.40. The molecule has 0 aliphatic carbocycles. The van der Waals surface area contributed by atoms with Crippen molar-refractivity contribution >= 4 is 33.2 Å². The number of halogens is 1. The van der Waals surface area contributed by atoms with Crippen LogP contribution in [0.3, 0.4) is 0 Å². The van der Waals surface area contributed by atoms with E-state index >= 15 is 0 Å². The molecule has 0 saturated heterocycles. The molecule has 2 aromatic heterocycles. The lowest BCUT2D eigenvalue weighted by Gasteiger charge is -2.09. The van der Waals surface area contributed by atoms with Crippen LogP contribution in [0.5, 0.6) is 0 Å². The quantitative estimate of drug-likeness (QED) is 0.729. The van der Waals surface area contributed by atoms with Crippen molar-refractivity contribution in [2.24, 2.45) is 0 Å². The molecule has 1 atom stereocenters. The molecular weight excluding hydrogens is 344 g/mol. The van der Waals surface area contributed by atoms with E-state index in [2.05, 4.69) is 26.1 Å². The first kappa shape index (κ1) is 15.2. The highest BCUT2D eigenvalue weighted by Crippen LogP contribution is 2.30. The van der Waals surface area contributed by atoms with Gasteiger partial charge in [-0.05, 0) is 35.3 Å². The van der Waals surface area contributed by atoms with Crippen molar-refractivity contribution in [1.82, 2.24) is 10.1 Å². The minimum absolute atomic E-state index is 0.308. The maximum absolute atomic E-state index is 11.9. The highest BCUT2D eigenvalue weighted by atomic mass is 79.9. The molecule has 0 aliphatic rings. The van der Waals surface area contributed by atoms with Gasteiger partial charge < -0.3 is 9.26 Å². The van der Waals surface area contributed by atoms with E-state index in [0.29, 0.717) is 24.7 Å². The van der Waals surface area contributed by atoms with Gasteiger partial charge in [0, 0.05) is 9.85 Å². The molecule has 20 heavy (non-hydrogen) atoms. The smallest absolute Gasteiger partial charge is 0.318 e. The zero-order chi connectivity index (χ0) is 14.5. The van der Waals surface area contributed by atoms with Gasteiger partial charge in [0.25, 0.3) is 0 Å². The Morgan fingerprint density at radius 2 is 2.35 bits per heavy atom. The van der Waals surface area contributed by atoms with Crippen molar-refractivity contribution < 1.29 is 14.1 Å². The molecule has 5 nitrogen and oxygen atoms in total. The number of esters is 1. The molecule has 2 rings (SSSR count). The average molecular weight is 359 g/mol. The van der Waals surface area contributed by atoms with Gasteiger partial charge in [-0.25, -0.2) is 0 Å². The summed E-state index contributed by atoms with van der Waals surface area (Å²) in [5.41, 5.74) is 0. The zero-order valence-electron chi connectivity index (χ0n) is 11.3. The number of aromatic nitrogens is 2. The number of rotatable bonds is 6. The second-order valence-corrected chi connectivity index (χ2v) is 6.01. The first-order chi connectivity index (χ1) is 9.65. The maximum atomic E-state index is 11.9. The van der Waals surface area contributed by atoms with Crippen molar-refractivity contribution in [3.63, 3.8) is 0 Å². The van der Waals surface area contributed by atoms with Crippen LogP contribution in [0.1, 0.15) is 38.5 Å². The van der Waals surface area contributed by atoms with E-state index in [0.717, 1.165) is 15.8 Å². The van der Waals surface area contributed by atoms with Crippen molar-refractivity contribution in [2.45, 2.75) is 32.6 Å². The zero-order valence-corrected chi connectivity index (χ0v) is 13.7. The Hall–Kier alpha value is -1.21. The van der Waals surface area contributed by atoms with Gasteiger partial charge in [-0.1, -0.05) is 18.5 Å². The summed E-state index contributed by atoms with van der Waals surface area (Å²) in [5, 5.41) is 5.89. The van der Waals surface area contributed by atoms with Gasteiger partial charge >= 0.3 is 5.97 Å². The van der Waals surface area contributed by atoms with Crippen molar-refractivity contribution in [1.29, 1.82) is 0 Å². The minimum Gasteiger partial charge on any atom is -0.465 e. The second-order valence-electron chi connectivity index (χ2n) is 4.18. The van der Waals surface area contributed by atoms with E-state index in [1.807, 2.05) is 18.4 Å². The molecule has 2 aromatic rings. The van der Waals surface area contributed by atoms with Crippen LogP contribution in [-0.4, -0.2) is 22.7 Å². The second kappa shape index (κ2) is 6.99. The number of ether oxygens (including phenoxy) is 1. The Morgan fingerprint density at radius 1 is 1.55 bits per heavy atom. The normalized spacial score (nSPS) is 12.3. The van der Waals surface area contributed by atoms with E-state index in [4.69, 9.17) is 9.26 Å². The molecule has 2 heterocycles. The molecule has 0 N–H and O–H groups in total. The summed E-state index contributed by atoms with van der Waals surface area (Å²) in [5.74, 6) is 0.0347. The predicted octanol–water partition coefficient (Wildman–Crippen LogP) is 4.01. The van der Waals surface area contributed by atoms with Crippen LogP contribution in [-0.2, 0) is 9.53 Å². The van der Waals surface area contributed by atoms with Crippen molar-refractivity contribution in [3.8, 4) is 10.7 Å². The summed E-state index contributed by atoms with van der Waals surface area (Å²) in [4.78, 5) is 17.2. The highest BCUT2D eigenvalue weighted by Gasteiger charge is 2.27. The van der Waals surface area contributed by atoms with E-state index in [1.165, 1.54) is 11.3 Å². The summed E-state index contributed by atoms with van der Waals surface area (Å²) in [7, 11) is 0. The van der Waals surface area contributed by atoms with Gasteiger partial charge in [-0.2, -0.15) is 4.98 Å². The summed E-state index contributed by atoms with van der Waals surface area (Å²) in [6, 6.07) is 1.92. The van der Waals surface area contributed by atoms with Crippen molar-refractivity contribution in [2.75, 3.05) is 6.61 Å². The SMILES string of the molecule is CCCC(C(=O)OCC)c1nc(-c2cc(Br)cs2)no1. The standard InChI is InChI=1S/C13H15BrN2O3S/c1-3-5-9(13(17)18-4-2)12-15-11(16-19-12)10-6-8(14)7-20-10/h6-7,9H,3-5H2,1-2H3. The first-order valence-corrected chi connectivity index (χ1v) is 8.07. The summed E-state index contributed by atoms with van der Waals surface area (Å²) in [6.45, 7) is 4.13. The molecule has 0 aliphatic heterocycles. The fourth-order valence-electron chi connectivity index (χ4n) is 1.78. The molecule has 0 amide bonds. The lowest BCUT2D eigenvalue weighted by Crippen LogP contribution is -2.16. The maximum Gasteiger partial charge on any atom is 0.318 e. The number of carbonyl (C=O) groups is 1. The Balaban J connectivity index is 2.22. The molecule has 7 heteroatoms. The third kappa shape index (κ3) is 3.46. The van der Waals surface area contributed by atoms with Gasteiger partial charge in [0.2, 0.25) is 11.7 Å². The monoisotopic (exact) mass is 358 g/mol. The topological polar surface area (TPSA) is 65.2 Å². The van der Waals surface area contributed by atoms with Gasteiger partial charge in [0.15, 0.2) is 0 Å². The molecule has 0 saturated carbocycles. The van der Waals surface area contributed by atoms with Crippen LogP contribution < -0.4 is 0 Å². The Kier molecular flexibility index (Phi) is 5.31. The summed E-state index contributed by atoms with van der Waals surface area (Å²) >= 11 is 4.90. The number of hydrogen-bond donors (Lipinski definition) is 0. The van der Waals surface area contributed by atoms with Crippen LogP contribution in [0.2, 0.25) is 0 Å². The number of thiophene rings is 1. The average Bonchev–Trinajstić information content (AvgIpc) is 3.04. The number of nitrogens with zero attached hydrogens (tertiary/aromatic N) is 2. The van der Waals surface area contributed by atoms with Gasteiger partial charge in [-0.15, -0.1) is 11.3 Å². The molecular formula is C13H15BrN2O3S. The Bertz CT molecular complexity index is 582. The molecule has 0 spiro atoms. The number of hydrogen-bond acceptors (Lipinski definition) is 6. The molecule has 0 radical (unpaired) electrons. The fraction of sp³-hybridized carbons (Fsp3) is 0.462. The summed E-state index contributed by atoms with van der Waals surface area (Å²) in [6.07, 6.45) is 1.47. The van der Waals surface area contributed by atoms with Gasteiger partial charge in [0.05, 0.1) is 11.5 Å². The Morgan fingerprint density at radius 3 is 2.95 bits per heavy atom. The minimum atomic E-state index is -0.482. The third-order valence-corrected chi connectivity index (χ3v) is 4.36. The number of carbonyl (C=O) groups excluding carboxylic acids is 1. The predicted molar refractivity (Wildman–Crippen MR) is 79.6 cm³/mol. The van der Waals surface area contributed by atoms with Crippen LogP contribution in [0.25, 0.3) is 10.7 Å². The van der Waals surface area contributed by atoms with Crippen LogP contribution in [0.4, 0.5) is 0 Å². The van der Waals surface area contributed by atoms with E-state index in [1.54, 1.807) is 6.92 Å². The lowest BCUT2D eigenvalue weighted by atomic mass is 10.0. The van der Waals surface area contributed by atoms with E-state index in [-0.39, 0.29) is 5.97 Å². The Labute approximate surface area is 129 Å². The van der Waals surface area contributed by atoms with Crippen LogP contribution in [0, 0.1) is 0 Å². The fourth-order valence-corrected chi connectivity index (χ4v) is 3.13. The van der Waals surface area contributed by atoms with E-state index < -0.39 is 5.92 Å². The molecule has 0 fully saturated rings. The van der Waals surface area contributed by atoms with E-state index in [9.17, 15) is 4.79 Å². The summed E-state index contributed by atoms with van der Waals surface area (Å²) < 4.78 is 11.3.